The summed E-state index contributed by atoms with van der Waals surface area (Å²) >= 11 is 0. The second-order valence-corrected chi connectivity index (χ2v) is 6.30. The van der Waals surface area contributed by atoms with Gasteiger partial charge in [0.15, 0.2) is 0 Å². The summed E-state index contributed by atoms with van der Waals surface area (Å²) in [5.74, 6) is 0.908. The molecular formula is C15H30N2. The zero-order valence-electron chi connectivity index (χ0n) is 11.9. The summed E-state index contributed by atoms with van der Waals surface area (Å²) < 4.78 is 0. The maximum atomic E-state index is 3.65. The molecule has 0 aromatic heterocycles. The molecule has 2 fully saturated rings. The van der Waals surface area contributed by atoms with E-state index in [1.165, 1.54) is 45.1 Å². The fraction of sp³-hybridized carbons (Fsp3) is 1.00. The van der Waals surface area contributed by atoms with Crippen LogP contribution in [0.5, 0.6) is 0 Å². The fourth-order valence-electron chi connectivity index (χ4n) is 3.77. The molecule has 100 valence electrons. The fourth-order valence-corrected chi connectivity index (χ4v) is 3.77. The molecule has 2 heteroatoms. The van der Waals surface area contributed by atoms with E-state index in [2.05, 4.69) is 31.0 Å². The van der Waals surface area contributed by atoms with E-state index in [9.17, 15) is 0 Å². The van der Waals surface area contributed by atoms with Gasteiger partial charge in [0.1, 0.15) is 0 Å². The number of hydrogen-bond acceptors (Lipinski definition) is 2. The lowest BCUT2D eigenvalue weighted by Gasteiger charge is -2.45. The van der Waals surface area contributed by atoms with Crippen molar-refractivity contribution in [2.75, 3.05) is 13.1 Å². The van der Waals surface area contributed by atoms with Gasteiger partial charge in [0.05, 0.1) is 0 Å². The highest BCUT2D eigenvalue weighted by atomic mass is 15.2. The monoisotopic (exact) mass is 238 g/mol. The first kappa shape index (κ1) is 13.4. The minimum Gasteiger partial charge on any atom is -0.314 e. The third-order valence-electron chi connectivity index (χ3n) is 4.77. The molecule has 1 saturated carbocycles. The topological polar surface area (TPSA) is 15.3 Å². The highest BCUT2D eigenvalue weighted by molar-refractivity contribution is 4.88. The Morgan fingerprint density at radius 1 is 1.12 bits per heavy atom. The Balaban J connectivity index is 1.91. The van der Waals surface area contributed by atoms with Crippen molar-refractivity contribution in [2.24, 2.45) is 5.92 Å². The van der Waals surface area contributed by atoms with Crippen molar-refractivity contribution in [3.8, 4) is 0 Å². The van der Waals surface area contributed by atoms with E-state index in [1.807, 2.05) is 0 Å². The van der Waals surface area contributed by atoms with E-state index in [0.717, 1.165) is 30.6 Å². The molecule has 2 aliphatic rings. The van der Waals surface area contributed by atoms with Crippen molar-refractivity contribution < 1.29 is 0 Å². The van der Waals surface area contributed by atoms with Gasteiger partial charge < -0.3 is 5.32 Å². The Morgan fingerprint density at radius 2 is 1.94 bits per heavy atom. The van der Waals surface area contributed by atoms with Crippen LogP contribution in [0.2, 0.25) is 0 Å². The number of nitrogens with zero attached hydrogens (tertiary/aromatic N) is 1. The third-order valence-corrected chi connectivity index (χ3v) is 4.77. The molecule has 1 saturated heterocycles. The first-order chi connectivity index (χ1) is 8.20. The van der Waals surface area contributed by atoms with Crippen LogP contribution >= 0.6 is 0 Å². The Morgan fingerprint density at radius 3 is 2.71 bits per heavy atom. The minimum absolute atomic E-state index is 0.781. The maximum absolute atomic E-state index is 3.65. The first-order valence-corrected chi connectivity index (χ1v) is 7.69. The quantitative estimate of drug-likeness (QED) is 0.813. The summed E-state index contributed by atoms with van der Waals surface area (Å²) in [6.45, 7) is 9.55. The summed E-state index contributed by atoms with van der Waals surface area (Å²) in [7, 11) is 0. The van der Waals surface area contributed by atoms with E-state index in [4.69, 9.17) is 0 Å². The number of piperidine rings is 1. The van der Waals surface area contributed by atoms with Crippen molar-refractivity contribution >= 4 is 0 Å². The van der Waals surface area contributed by atoms with E-state index >= 15 is 0 Å². The molecular weight excluding hydrogens is 208 g/mol. The van der Waals surface area contributed by atoms with Crippen LogP contribution < -0.4 is 5.32 Å². The van der Waals surface area contributed by atoms with Gasteiger partial charge in [-0.25, -0.2) is 0 Å². The molecule has 0 amide bonds. The molecule has 4 unspecified atom stereocenters. The molecule has 0 bridgehead atoms. The molecule has 1 aliphatic carbocycles. The van der Waals surface area contributed by atoms with Gasteiger partial charge in [-0.1, -0.05) is 20.3 Å². The molecule has 2 rings (SSSR count). The van der Waals surface area contributed by atoms with Crippen molar-refractivity contribution in [3.05, 3.63) is 0 Å². The predicted molar refractivity (Wildman–Crippen MR) is 74.3 cm³/mol. The van der Waals surface area contributed by atoms with Crippen LogP contribution in [-0.2, 0) is 0 Å². The second-order valence-electron chi connectivity index (χ2n) is 6.30. The van der Waals surface area contributed by atoms with Crippen molar-refractivity contribution in [1.29, 1.82) is 0 Å². The van der Waals surface area contributed by atoms with Gasteiger partial charge in [-0.15, -0.1) is 0 Å². The molecule has 1 N–H and O–H groups in total. The van der Waals surface area contributed by atoms with Crippen LogP contribution in [0, 0.1) is 5.92 Å². The normalized spacial score (nSPS) is 40.4. The van der Waals surface area contributed by atoms with Crippen LogP contribution in [0.25, 0.3) is 0 Å². The molecule has 0 aromatic rings. The van der Waals surface area contributed by atoms with Gasteiger partial charge in [0, 0.05) is 24.7 Å². The summed E-state index contributed by atoms with van der Waals surface area (Å²) in [5.41, 5.74) is 0. The molecule has 2 nitrogen and oxygen atoms in total. The smallest absolute Gasteiger partial charge is 0.0113 e. The summed E-state index contributed by atoms with van der Waals surface area (Å²) in [4.78, 5) is 2.82. The zero-order chi connectivity index (χ0) is 12.3. The molecule has 1 heterocycles. The van der Waals surface area contributed by atoms with Crippen molar-refractivity contribution in [2.45, 2.75) is 77.4 Å². The largest absolute Gasteiger partial charge is 0.314 e. The Hall–Kier alpha value is -0.0800. The molecule has 0 radical (unpaired) electrons. The van der Waals surface area contributed by atoms with Gasteiger partial charge in [-0.2, -0.15) is 0 Å². The molecule has 0 spiro atoms. The van der Waals surface area contributed by atoms with Crippen molar-refractivity contribution in [3.63, 3.8) is 0 Å². The van der Waals surface area contributed by atoms with Crippen LogP contribution in [0.1, 0.15) is 59.3 Å². The van der Waals surface area contributed by atoms with Crippen LogP contribution in [-0.4, -0.2) is 36.1 Å². The van der Waals surface area contributed by atoms with Crippen molar-refractivity contribution in [1.82, 2.24) is 10.2 Å². The summed E-state index contributed by atoms with van der Waals surface area (Å²) in [6.07, 6.45) is 8.45. The van der Waals surface area contributed by atoms with Crippen LogP contribution in [0.4, 0.5) is 0 Å². The maximum Gasteiger partial charge on any atom is 0.0113 e. The highest BCUT2D eigenvalue weighted by Gasteiger charge is 2.32. The number of nitrogens with one attached hydrogen (secondary N) is 1. The Labute approximate surface area is 107 Å². The molecule has 4 atom stereocenters. The van der Waals surface area contributed by atoms with Gasteiger partial charge >= 0.3 is 0 Å². The Kier molecular flexibility index (Phi) is 4.87. The number of rotatable bonds is 3. The summed E-state index contributed by atoms with van der Waals surface area (Å²) in [6, 6.07) is 2.45. The molecule has 1 aliphatic heterocycles. The van der Waals surface area contributed by atoms with E-state index < -0.39 is 0 Å². The average molecular weight is 238 g/mol. The molecule has 0 aromatic carbocycles. The molecule has 17 heavy (non-hydrogen) atoms. The lowest BCUT2D eigenvalue weighted by atomic mass is 9.86. The van der Waals surface area contributed by atoms with Gasteiger partial charge in [0.25, 0.3) is 0 Å². The second kappa shape index (κ2) is 6.19. The predicted octanol–water partition coefficient (Wildman–Crippen LogP) is 3.03. The van der Waals surface area contributed by atoms with E-state index in [-0.39, 0.29) is 0 Å². The summed E-state index contributed by atoms with van der Waals surface area (Å²) in [5, 5.41) is 3.65. The van der Waals surface area contributed by atoms with Crippen LogP contribution in [0.3, 0.4) is 0 Å². The van der Waals surface area contributed by atoms with Gasteiger partial charge in [-0.05, 0) is 51.5 Å². The first-order valence-electron chi connectivity index (χ1n) is 7.69. The minimum atomic E-state index is 0.781. The standard InChI is InChI=1S/C15H30N2/c1-4-16-14-6-5-7-15(10-14)17-11-12(2)8-9-13(17)3/h12-16H,4-11H2,1-3H3. The highest BCUT2D eigenvalue weighted by Crippen LogP contribution is 2.30. The number of likely N-dealkylation sites (tertiary alicyclic amines) is 1. The SMILES string of the molecule is CCNC1CCCC(N2CC(C)CCC2C)C1. The Bertz CT molecular complexity index is 227. The average Bonchev–Trinajstić information content (AvgIpc) is 2.33. The van der Waals surface area contributed by atoms with Crippen LogP contribution in [0.15, 0.2) is 0 Å². The third kappa shape index (κ3) is 3.45. The zero-order valence-corrected chi connectivity index (χ0v) is 11.9. The lowest BCUT2D eigenvalue weighted by Crippen LogP contribution is -2.51. The van der Waals surface area contributed by atoms with E-state index in [1.54, 1.807) is 0 Å². The van der Waals surface area contributed by atoms with Gasteiger partial charge in [-0.3, -0.25) is 4.90 Å². The van der Waals surface area contributed by atoms with Gasteiger partial charge in [0.2, 0.25) is 0 Å². The lowest BCUT2D eigenvalue weighted by molar-refractivity contribution is 0.0509. The number of hydrogen-bond donors (Lipinski definition) is 1. The van der Waals surface area contributed by atoms with E-state index in [0.29, 0.717) is 0 Å².